The second kappa shape index (κ2) is 4.91. The van der Waals surface area contributed by atoms with E-state index in [1.165, 1.54) is 11.0 Å². The van der Waals surface area contributed by atoms with Gasteiger partial charge in [-0.15, -0.1) is 5.10 Å². The van der Waals surface area contributed by atoms with Crippen LogP contribution in [0.2, 0.25) is 0 Å². The highest BCUT2D eigenvalue weighted by Gasteiger charge is 2.12. The van der Waals surface area contributed by atoms with Crippen molar-refractivity contribution in [1.82, 2.24) is 19.7 Å². The van der Waals surface area contributed by atoms with Crippen molar-refractivity contribution in [3.63, 3.8) is 0 Å². The summed E-state index contributed by atoms with van der Waals surface area (Å²) in [6.45, 7) is 2.40. The first-order chi connectivity index (χ1) is 8.54. The van der Waals surface area contributed by atoms with Crippen LogP contribution in [0.1, 0.15) is 11.5 Å². The number of anilines is 1. The number of amides is 1. The number of rotatable bonds is 4. The number of aryl methyl sites for hydroxylation is 1. The molecule has 0 aliphatic carbocycles. The lowest BCUT2D eigenvalue weighted by Crippen LogP contribution is -2.29. The van der Waals surface area contributed by atoms with Crippen molar-refractivity contribution in [3.8, 4) is 0 Å². The van der Waals surface area contributed by atoms with Gasteiger partial charge in [-0.25, -0.2) is 9.67 Å². The summed E-state index contributed by atoms with van der Waals surface area (Å²) in [5.74, 6) is 1.65. The molecule has 0 aliphatic heterocycles. The molecule has 0 fully saturated rings. The van der Waals surface area contributed by atoms with Crippen LogP contribution in [0, 0.1) is 6.92 Å². The number of hydrogen-bond donors (Lipinski definition) is 1. The molecule has 0 saturated carbocycles. The Morgan fingerprint density at radius 2 is 2.33 bits per heavy atom. The first kappa shape index (κ1) is 12.2. The third-order valence-electron chi connectivity index (χ3n) is 2.47. The van der Waals surface area contributed by atoms with Crippen LogP contribution in [0.3, 0.4) is 0 Å². The van der Waals surface area contributed by atoms with E-state index < -0.39 is 0 Å². The maximum absolute atomic E-state index is 11.9. The molecule has 0 aromatic carbocycles. The lowest BCUT2D eigenvalue weighted by molar-refractivity contribution is -0.131. The first-order valence-corrected chi connectivity index (χ1v) is 5.49. The van der Waals surface area contributed by atoms with Gasteiger partial charge in [-0.2, -0.15) is 0 Å². The van der Waals surface area contributed by atoms with Gasteiger partial charge in [0.15, 0.2) is 0 Å². The zero-order valence-electron chi connectivity index (χ0n) is 10.3. The minimum absolute atomic E-state index is 0.0889. The lowest BCUT2D eigenvalue weighted by Gasteiger charge is -2.15. The van der Waals surface area contributed by atoms with Crippen molar-refractivity contribution in [2.45, 2.75) is 20.0 Å². The van der Waals surface area contributed by atoms with Crippen molar-refractivity contribution >= 4 is 11.9 Å². The van der Waals surface area contributed by atoms with E-state index in [0.29, 0.717) is 6.54 Å². The molecule has 1 amide bonds. The van der Waals surface area contributed by atoms with Gasteiger partial charge < -0.3 is 15.1 Å². The predicted octanol–water partition coefficient (Wildman–Crippen LogP) is 0.420. The monoisotopic (exact) mass is 249 g/mol. The number of nitrogens with two attached hydrogens (primary N) is 1. The van der Waals surface area contributed by atoms with E-state index in [1.807, 2.05) is 19.1 Å². The predicted molar refractivity (Wildman–Crippen MR) is 64.4 cm³/mol. The summed E-state index contributed by atoms with van der Waals surface area (Å²) in [6.07, 6.45) is 1.43. The minimum atomic E-state index is -0.0889. The van der Waals surface area contributed by atoms with E-state index in [2.05, 4.69) is 10.1 Å². The number of hydrogen-bond acceptors (Lipinski definition) is 5. The summed E-state index contributed by atoms with van der Waals surface area (Å²) in [5, 5.41) is 3.86. The third kappa shape index (κ3) is 2.88. The Bertz CT molecular complexity index is 545. The molecule has 2 aromatic heterocycles. The molecule has 2 aromatic rings. The summed E-state index contributed by atoms with van der Waals surface area (Å²) in [5.41, 5.74) is 5.37. The summed E-state index contributed by atoms with van der Waals surface area (Å²) in [6, 6.07) is 3.72. The van der Waals surface area contributed by atoms with Crippen molar-refractivity contribution in [1.29, 1.82) is 0 Å². The highest BCUT2D eigenvalue weighted by Crippen LogP contribution is 2.08. The van der Waals surface area contributed by atoms with Crippen LogP contribution in [0.15, 0.2) is 22.9 Å². The van der Waals surface area contributed by atoms with E-state index in [9.17, 15) is 4.79 Å². The fourth-order valence-corrected chi connectivity index (χ4v) is 1.54. The second-order valence-electron chi connectivity index (χ2n) is 4.06. The number of nitrogen functional groups attached to an aromatic ring is 1. The number of carbonyl (C=O) groups excluding carboxylic acids is 1. The molecule has 0 unspecified atom stereocenters. The normalized spacial score (nSPS) is 10.6. The van der Waals surface area contributed by atoms with Gasteiger partial charge in [-0.1, -0.05) is 0 Å². The van der Waals surface area contributed by atoms with Crippen LogP contribution >= 0.6 is 0 Å². The van der Waals surface area contributed by atoms with Gasteiger partial charge in [-0.05, 0) is 19.1 Å². The molecule has 7 nitrogen and oxygen atoms in total. The zero-order chi connectivity index (χ0) is 13.1. The first-order valence-electron chi connectivity index (χ1n) is 5.49. The Labute approximate surface area is 104 Å². The lowest BCUT2D eigenvalue weighted by atomic mass is 10.4. The van der Waals surface area contributed by atoms with Gasteiger partial charge in [-0.3, -0.25) is 4.79 Å². The molecule has 2 N–H and O–H groups in total. The molecule has 0 bridgehead atoms. The number of nitrogens with zero attached hydrogens (tertiary/aromatic N) is 4. The second-order valence-corrected chi connectivity index (χ2v) is 4.06. The maximum atomic E-state index is 11.9. The molecule has 7 heteroatoms. The van der Waals surface area contributed by atoms with E-state index in [0.717, 1.165) is 11.5 Å². The number of likely N-dealkylation sites (N-methyl/N-ethyl adjacent to an activating group) is 1. The van der Waals surface area contributed by atoms with Gasteiger partial charge in [0.05, 0.1) is 6.54 Å². The average Bonchev–Trinajstić information content (AvgIpc) is 2.88. The van der Waals surface area contributed by atoms with Crippen LogP contribution < -0.4 is 5.73 Å². The molecule has 2 heterocycles. The Balaban J connectivity index is 1.92. The van der Waals surface area contributed by atoms with Crippen LogP contribution in [0.5, 0.6) is 0 Å². The van der Waals surface area contributed by atoms with E-state index >= 15 is 0 Å². The minimum Gasteiger partial charge on any atom is -0.464 e. The molecule has 2 rings (SSSR count). The van der Waals surface area contributed by atoms with Crippen LogP contribution in [-0.2, 0) is 17.9 Å². The van der Waals surface area contributed by atoms with Crippen molar-refractivity contribution in [2.75, 3.05) is 12.8 Å². The summed E-state index contributed by atoms with van der Waals surface area (Å²) >= 11 is 0. The molecular weight excluding hydrogens is 234 g/mol. The molecule has 96 valence electrons. The zero-order valence-corrected chi connectivity index (χ0v) is 10.3. The summed E-state index contributed by atoms with van der Waals surface area (Å²) < 4.78 is 6.81. The smallest absolute Gasteiger partial charge is 0.244 e. The standard InChI is InChI=1S/C11H15N5O2/c1-8-3-4-9(18-8)5-15(2)10(17)6-16-7-13-11(12)14-16/h3-4,7H,5-6H2,1-2H3,(H2,12,14). The van der Waals surface area contributed by atoms with Crippen LogP contribution in [0.25, 0.3) is 0 Å². The van der Waals surface area contributed by atoms with Crippen molar-refractivity contribution < 1.29 is 9.21 Å². The quantitative estimate of drug-likeness (QED) is 0.848. The Hall–Kier alpha value is -2.31. The highest BCUT2D eigenvalue weighted by molar-refractivity contribution is 5.75. The Kier molecular flexibility index (Phi) is 3.31. The topological polar surface area (TPSA) is 90.2 Å². The van der Waals surface area contributed by atoms with Crippen molar-refractivity contribution in [3.05, 3.63) is 30.0 Å². The largest absolute Gasteiger partial charge is 0.464 e. The number of aromatic nitrogens is 3. The van der Waals surface area contributed by atoms with E-state index in [4.69, 9.17) is 10.2 Å². The van der Waals surface area contributed by atoms with Gasteiger partial charge in [0.25, 0.3) is 0 Å². The van der Waals surface area contributed by atoms with Gasteiger partial charge in [0, 0.05) is 7.05 Å². The molecule has 0 radical (unpaired) electrons. The summed E-state index contributed by atoms with van der Waals surface area (Å²) in [7, 11) is 1.71. The molecule has 0 spiro atoms. The maximum Gasteiger partial charge on any atom is 0.244 e. The van der Waals surface area contributed by atoms with Gasteiger partial charge in [0.2, 0.25) is 11.9 Å². The summed E-state index contributed by atoms with van der Waals surface area (Å²) in [4.78, 5) is 17.2. The average molecular weight is 249 g/mol. The fraction of sp³-hybridized carbons (Fsp3) is 0.364. The van der Waals surface area contributed by atoms with E-state index in [1.54, 1.807) is 11.9 Å². The van der Waals surface area contributed by atoms with Gasteiger partial charge in [0.1, 0.15) is 24.4 Å². The van der Waals surface area contributed by atoms with Crippen LogP contribution in [-0.4, -0.2) is 32.6 Å². The van der Waals surface area contributed by atoms with Gasteiger partial charge >= 0.3 is 0 Å². The van der Waals surface area contributed by atoms with Crippen LogP contribution in [0.4, 0.5) is 5.95 Å². The molecular formula is C11H15N5O2. The molecule has 0 atom stereocenters. The molecule has 0 saturated heterocycles. The fourth-order valence-electron chi connectivity index (χ4n) is 1.54. The van der Waals surface area contributed by atoms with Crippen molar-refractivity contribution in [2.24, 2.45) is 0 Å². The SMILES string of the molecule is Cc1ccc(CN(C)C(=O)Cn2cnc(N)n2)o1. The third-order valence-corrected chi connectivity index (χ3v) is 2.47. The number of furan rings is 1. The Morgan fingerprint density at radius 1 is 1.56 bits per heavy atom. The molecule has 18 heavy (non-hydrogen) atoms. The van der Waals surface area contributed by atoms with E-state index in [-0.39, 0.29) is 18.4 Å². The molecule has 0 aliphatic rings. The Morgan fingerprint density at radius 3 is 2.89 bits per heavy atom. The number of carbonyl (C=O) groups is 1. The highest BCUT2D eigenvalue weighted by atomic mass is 16.3.